The number of hydrogen-bond donors (Lipinski definition) is 2. The third kappa shape index (κ3) is 8.47. The van der Waals surface area contributed by atoms with E-state index >= 15 is 0 Å². The minimum atomic E-state index is -0.165. The minimum absolute atomic E-state index is 0.165. The van der Waals surface area contributed by atoms with Gasteiger partial charge in [0.25, 0.3) is 5.91 Å². The normalized spacial score (nSPS) is 12.5. The molecule has 0 saturated heterocycles. The number of benzene rings is 3. The van der Waals surface area contributed by atoms with Crippen molar-refractivity contribution < 1.29 is 14.6 Å². The molecular weight excluding hydrogens is 494 g/mol. The van der Waals surface area contributed by atoms with E-state index in [-0.39, 0.29) is 11.7 Å². The summed E-state index contributed by atoms with van der Waals surface area (Å²) in [7, 11) is 0. The van der Waals surface area contributed by atoms with E-state index in [9.17, 15) is 9.90 Å². The lowest BCUT2D eigenvalue weighted by atomic mass is 9.99. The van der Waals surface area contributed by atoms with E-state index in [1.165, 1.54) is 0 Å². The summed E-state index contributed by atoms with van der Waals surface area (Å²) in [4.78, 5) is 13.0. The number of ether oxygens (including phenoxy) is 1. The molecule has 0 aliphatic carbocycles. The van der Waals surface area contributed by atoms with Crippen LogP contribution in [0.5, 0.6) is 11.5 Å². The molecule has 0 spiro atoms. The zero-order valence-corrected chi connectivity index (χ0v) is 23.5. The third-order valence-electron chi connectivity index (χ3n) is 6.38. The Morgan fingerprint density at radius 3 is 2.58 bits per heavy atom. The maximum absolute atomic E-state index is 13.0. The van der Waals surface area contributed by atoms with Crippen LogP contribution in [0.25, 0.3) is 23.3 Å². The van der Waals surface area contributed by atoms with Gasteiger partial charge in [0.2, 0.25) is 0 Å². The molecule has 206 valence electrons. The van der Waals surface area contributed by atoms with Crippen molar-refractivity contribution in [3.63, 3.8) is 0 Å². The molecule has 4 heteroatoms. The predicted molar refractivity (Wildman–Crippen MR) is 168 cm³/mol. The molecule has 2 N–H and O–H groups in total. The van der Waals surface area contributed by atoms with E-state index in [2.05, 4.69) is 18.5 Å². The Bertz CT molecular complexity index is 1500. The fourth-order valence-electron chi connectivity index (χ4n) is 4.34. The van der Waals surface area contributed by atoms with Gasteiger partial charge in [-0.2, -0.15) is 0 Å². The van der Waals surface area contributed by atoms with Crippen molar-refractivity contribution in [2.75, 3.05) is 6.54 Å². The van der Waals surface area contributed by atoms with Crippen LogP contribution < -0.4 is 20.5 Å². The number of nitrogens with one attached hydrogen (secondary N) is 1. The fraction of sp³-hybridized carbons (Fsp3) is 0.194. The van der Waals surface area contributed by atoms with Gasteiger partial charge in [0.1, 0.15) is 18.1 Å². The van der Waals surface area contributed by atoms with Crippen LogP contribution in [0.4, 0.5) is 0 Å². The molecule has 0 atom stereocenters. The molecule has 0 unspecified atom stereocenters. The fourth-order valence-corrected chi connectivity index (χ4v) is 4.34. The first kappa shape index (κ1) is 30.0. The average molecular weight is 534 g/mol. The molecule has 0 aliphatic rings. The molecule has 0 aromatic heterocycles. The number of allylic oxidation sites excluding steroid dienone is 6. The van der Waals surface area contributed by atoms with Crippen LogP contribution in [-0.2, 0) is 6.61 Å². The van der Waals surface area contributed by atoms with E-state index in [1.54, 1.807) is 24.3 Å². The van der Waals surface area contributed by atoms with Crippen LogP contribution in [0.2, 0.25) is 0 Å². The van der Waals surface area contributed by atoms with Crippen LogP contribution in [0.15, 0.2) is 110 Å². The standard InChI is InChI=1S/C36H39NO3/c1-5-9-19-29-23-31(24-34(38)32(29)15-7-3)33-21-20-30(25-35(33)40-26-28-16-11-10-12-17-28)36(39)37-22-13-18-27(8-4)14-6-2/h5-6,8-12,14-17,19-21,23-25,38H,2,4,7,13,18,22,26H2,1,3H3,(H,37,39)/b9-5-,27-14+,29-19-,32-15-. The highest BCUT2D eigenvalue weighted by Crippen LogP contribution is 2.32. The van der Waals surface area contributed by atoms with Gasteiger partial charge in [0, 0.05) is 22.9 Å². The second-order valence-corrected chi connectivity index (χ2v) is 9.33. The third-order valence-corrected chi connectivity index (χ3v) is 6.38. The highest BCUT2D eigenvalue weighted by Gasteiger charge is 2.14. The smallest absolute Gasteiger partial charge is 0.251 e. The molecule has 0 aliphatic heterocycles. The lowest BCUT2D eigenvalue weighted by Crippen LogP contribution is -2.25. The zero-order valence-electron chi connectivity index (χ0n) is 23.5. The van der Waals surface area contributed by atoms with Crippen LogP contribution in [0.1, 0.15) is 49.0 Å². The summed E-state index contributed by atoms with van der Waals surface area (Å²) in [5, 5.41) is 15.6. The summed E-state index contributed by atoms with van der Waals surface area (Å²) in [6.45, 7) is 12.4. The van der Waals surface area contributed by atoms with Crippen LogP contribution in [0, 0.1) is 0 Å². The van der Waals surface area contributed by atoms with Crippen molar-refractivity contribution in [1.82, 2.24) is 5.32 Å². The molecular formula is C36H39NO3. The van der Waals surface area contributed by atoms with E-state index in [4.69, 9.17) is 4.74 Å². The minimum Gasteiger partial charge on any atom is -0.507 e. The Kier molecular flexibility index (Phi) is 11.8. The summed E-state index contributed by atoms with van der Waals surface area (Å²) < 4.78 is 6.28. The second-order valence-electron chi connectivity index (χ2n) is 9.33. The largest absolute Gasteiger partial charge is 0.507 e. The van der Waals surface area contributed by atoms with Gasteiger partial charge in [0.05, 0.1) is 0 Å². The van der Waals surface area contributed by atoms with E-state index in [0.717, 1.165) is 52.0 Å². The Hall–Kier alpha value is -4.57. The van der Waals surface area contributed by atoms with Gasteiger partial charge < -0.3 is 15.2 Å². The van der Waals surface area contributed by atoms with Crippen molar-refractivity contribution in [2.45, 2.75) is 39.7 Å². The van der Waals surface area contributed by atoms with Gasteiger partial charge >= 0.3 is 0 Å². The maximum atomic E-state index is 13.0. The van der Waals surface area contributed by atoms with Gasteiger partial charge in [-0.1, -0.05) is 92.9 Å². The van der Waals surface area contributed by atoms with E-state index in [0.29, 0.717) is 24.5 Å². The molecule has 3 aromatic rings. The maximum Gasteiger partial charge on any atom is 0.251 e. The average Bonchev–Trinajstić information content (AvgIpc) is 2.98. The Balaban J connectivity index is 1.95. The molecule has 1 amide bonds. The molecule has 0 fully saturated rings. The number of rotatable bonds is 13. The number of phenols is 1. The Morgan fingerprint density at radius 2 is 1.88 bits per heavy atom. The summed E-state index contributed by atoms with van der Waals surface area (Å²) in [5.41, 5.74) is 4.22. The lowest BCUT2D eigenvalue weighted by Gasteiger charge is -2.15. The van der Waals surface area contributed by atoms with Crippen LogP contribution in [-0.4, -0.2) is 17.6 Å². The zero-order chi connectivity index (χ0) is 28.7. The molecule has 0 radical (unpaired) electrons. The molecule has 0 bridgehead atoms. The molecule has 0 heterocycles. The van der Waals surface area contributed by atoms with Gasteiger partial charge in [-0.15, -0.1) is 0 Å². The van der Waals surface area contributed by atoms with Crippen molar-refractivity contribution >= 4 is 18.1 Å². The quantitative estimate of drug-likeness (QED) is 0.184. The monoisotopic (exact) mass is 533 g/mol. The number of carbonyl (C=O) groups is 1. The number of amides is 1. The van der Waals surface area contributed by atoms with E-state index in [1.807, 2.05) is 92.8 Å². The summed E-state index contributed by atoms with van der Waals surface area (Å²) in [6.07, 6.45) is 15.8. The molecule has 0 saturated carbocycles. The Labute approximate surface area is 238 Å². The summed E-state index contributed by atoms with van der Waals surface area (Å²) in [6, 6.07) is 19.2. The highest BCUT2D eigenvalue weighted by atomic mass is 16.5. The highest BCUT2D eigenvalue weighted by molar-refractivity contribution is 5.95. The van der Waals surface area contributed by atoms with Gasteiger partial charge in [-0.05, 0) is 78.4 Å². The SMILES string of the molecule is C=C/C=C(\C=C)CCCNC(=O)c1ccc(-c2cc(O)c(=C\CC)/c(=C\C=C/C)c2)c(OCc2ccccc2)c1. The number of carbonyl (C=O) groups excluding carboxylic acids is 1. The van der Waals surface area contributed by atoms with Crippen LogP contribution >= 0.6 is 0 Å². The van der Waals surface area contributed by atoms with Gasteiger partial charge in [-0.3, -0.25) is 4.79 Å². The molecule has 3 rings (SSSR count). The number of aromatic hydroxyl groups is 1. The first-order valence-electron chi connectivity index (χ1n) is 13.7. The molecule has 3 aromatic carbocycles. The first-order chi connectivity index (χ1) is 19.5. The van der Waals surface area contributed by atoms with Crippen molar-refractivity contribution in [2.24, 2.45) is 0 Å². The molecule has 4 nitrogen and oxygen atoms in total. The van der Waals surface area contributed by atoms with E-state index < -0.39 is 0 Å². The number of phenolic OH excluding ortho intramolecular Hbond substituents is 1. The van der Waals surface area contributed by atoms with Gasteiger partial charge in [-0.25, -0.2) is 0 Å². The number of hydrogen-bond acceptors (Lipinski definition) is 3. The van der Waals surface area contributed by atoms with Crippen molar-refractivity contribution in [1.29, 1.82) is 0 Å². The predicted octanol–water partition coefficient (Wildman–Crippen LogP) is 6.99. The van der Waals surface area contributed by atoms with Crippen LogP contribution in [0.3, 0.4) is 0 Å². The van der Waals surface area contributed by atoms with Crippen molar-refractivity contribution in [3.05, 3.63) is 131 Å². The lowest BCUT2D eigenvalue weighted by molar-refractivity contribution is 0.0952. The summed E-state index contributed by atoms with van der Waals surface area (Å²) >= 11 is 0. The molecule has 40 heavy (non-hydrogen) atoms. The first-order valence-corrected chi connectivity index (χ1v) is 13.7. The topological polar surface area (TPSA) is 58.6 Å². The van der Waals surface area contributed by atoms with Gasteiger partial charge in [0.15, 0.2) is 0 Å². The summed E-state index contributed by atoms with van der Waals surface area (Å²) in [5.74, 6) is 0.611. The Morgan fingerprint density at radius 1 is 1.07 bits per heavy atom. The van der Waals surface area contributed by atoms with Crippen molar-refractivity contribution in [3.8, 4) is 22.6 Å². The second kappa shape index (κ2) is 15.7.